The number of nitrogens with zero attached hydrogens (tertiary/aromatic N) is 1. The van der Waals surface area contributed by atoms with Crippen LogP contribution in [0.15, 0.2) is 77.0 Å². The maximum Gasteiger partial charge on any atom is 0.288 e. The van der Waals surface area contributed by atoms with Crippen molar-refractivity contribution in [2.45, 2.75) is 65.0 Å². The average Bonchev–Trinajstić information content (AvgIpc) is 3.41. The molecule has 5 N–H and O–H groups in total. The van der Waals surface area contributed by atoms with Gasteiger partial charge in [-0.25, -0.2) is 4.98 Å². The minimum absolute atomic E-state index is 0.0512. The molecular formula is C30H37N5O3. The first-order chi connectivity index (χ1) is 18.1. The highest BCUT2D eigenvalue weighted by atomic mass is 16.4. The molecule has 2 aromatic carbocycles. The molecule has 200 valence electrons. The molecule has 8 nitrogen and oxygen atoms in total. The molecule has 8 heteroatoms. The Morgan fingerprint density at radius 3 is 2.50 bits per heavy atom. The summed E-state index contributed by atoms with van der Waals surface area (Å²) < 4.78 is 5.69. The SMILES string of the molecule is CCC(CC)NC(=O)c1cnc(-c2cccc(C(=N)/C=C(\N)C(=O)NC(C)(C)CCc3ccccc3)c2)o1. The van der Waals surface area contributed by atoms with E-state index in [0.717, 1.165) is 25.7 Å². The fraction of sp³-hybridized carbons (Fsp3) is 0.333. The Bertz CT molecular complexity index is 1290. The molecule has 1 aromatic heterocycles. The third-order valence-electron chi connectivity index (χ3n) is 6.37. The number of nitrogens with two attached hydrogens (primary N) is 1. The lowest BCUT2D eigenvalue weighted by molar-refractivity contribution is -0.119. The smallest absolute Gasteiger partial charge is 0.288 e. The van der Waals surface area contributed by atoms with Crippen LogP contribution < -0.4 is 16.4 Å². The lowest BCUT2D eigenvalue weighted by Crippen LogP contribution is -2.45. The van der Waals surface area contributed by atoms with E-state index in [9.17, 15) is 9.59 Å². The van der Waals surface area contributed by atoms with Crippen LogP contribution in [0.1, 0.15) is 68.6 Å². The number of rotatable bonds is 12. The lowest BCUT2D eigenvalue weighted by atomic mass is 9.95. The molecule has 0 aliphatic heterocycles. The fourth-order valence-corrected chi connectivity index (χ4v) is 3.93. The maximum atomic E-state index is 12.7. The summed E-state index contributed by atoms with van der Waals surface area (Å²) in [5, 5.41) is 14.4. The maximum absolute atomic E-state index is 12.7. The Morgan fingerprint density at radius 1 is 1.11 bits per heavy atom. The summed E-state index contributed by atoms with van der Waals surface area (Å²) >= 11 is 0. The first-order valence-electron chi connectivity index (χ1n) is 12.9. The van der Waals surface area contributed by atoms with Gasteiger partial charge in [-0.15, -0.1) is 0 Å². The molecule has 0 spiro atoms. The fourth-order valence-electron chi connectivity index (χ4n) is 3.93. The first kappa shape index (κ1) is 28.4. The molecule has 0 unspecified atom stereocenters. The van der Waals surface area contributed by atoms with Crippen molar-refractivity contribution in [3.05, 3.63) is 89.5 Å². The molecule has 0 fully saturated rings. The highest BCUT2D eigenvalue weighted by Crippen LogP contribution is 2.21. The zero-order valence-corrected chi connectivity index (χ0v) is 22.5. The number of aryl methyl sites for hydroxylation is 1. The van der Waals surface area contributed by atoms with Crippen molar-refractivity contribution in [3.63, 3.8) is 0 Å². The molecule has 0 saturated heterocycles. The van der Waals surface area contributed by atoms with Crippen molar-refractivity contribution in [2.75, 3.05) is 0 Å². The van der Waals surface area contributed by atoms with E-state index in [2.05, 4.69) is 27.8 Å². The zero-order chi connectivity index (χ0) is 27.7. The molecule has 0 atom stereocenters. The number of hydrogen-bond acceptors (Lipinski definition) is 6. The normalized spacial score (nSPS) is 11.9. The van der Waals surface area contributed by atoms with E-state index in [-0.39, 0.29) is 35.0 Å². The summed E-state index contributed by atoms with van der Waals surface area (Å²) in [6.07, 6.45) is 5.95. The van der Waals surface area contributed by atoms with E-state index >= 15 is 0 Å². The van der Waals surface area contributed by atoms with Crippen LogP contribution in [-0.4, -0.2) is 34.1 Å². The molecular weight excluding hydrogens is 478 g/mol. The number of amides is 2. The van der Waals surface area contributed by atoms with Gasteiger partial charge in [0.15, 0.2) is 0 Å². The van der Waals surface area contributed by atoms with Gasteiger partial charge in [-0.2, -0.15) is 0 Å². The van der Waals surface area contributed by atoms with E-state index in [1.54, 1.807) is 24.3 Å². The summed E-state index contributed by atoms with van der Waals surface area (Å²) in [5.74, 6) is -0.341. The molecule has 38 heavy (non-hydrogen) atoms. The van der Waals surface area contributed by atoms with Crippen molar-refractivity contribution in [1.82, 2.24) is 15.6 Å². The number of nitrogens with one attached hydrogen (secondary N) is 3. The second-order valence-corrected chi connectivity index (χ2v) is 9.93. The number of hydrogen-bond donors (Lipinski definition) is 4. The van der Waals surface area contributed by atoms with E-state index in [1.807, 2.05) is 45.9 Å². The van der Waals surface area contributed by atoms with Gasteiger partial charge in [0.2, 0.25) is 11.7 Å². The monoisotopic (exact) mass is 515 g/mol. The van der Waals surface area contributed by atoms with Crippen LogP contribution in [0, 0.1) is 5.41 Å². The zero-order valence-electron chi connectivity index (χ0n) is 22.5. The predicted molar refractivity (Wildman–Crippen MR) is 150 cm³/mol. The van der Waals surface area contributed by atoms with Crippen molar-refractivity contribution in [3.8, 4) is 11.5 Å². The summed E-state index contributed by atoms with van der Waals surface area (Å²) in [6.45, 7) is 7.92. The molecule has 0 bridgehead atoms. The number of oxazole rings is 1. The van der Waals surface area contributed by atoms with Crippen LogP contribution in [0.25, 0.3) is 11.5 Å². The summed E-state index contributed by atoms with van der Waals surface area (Å²) in [5.41, 5.74) is 7.93. The Labute approximate surface area is 224 Å². The van der Waals surface area contributed by atoms with Gasteiger partial charge in [0.05, 0.1) is 17.6 Å². The van der Waals surface area contributed by atoms with Gasteiger partial charge in [0.1, 0.15) is 0 Å². The number of aromatic nitrogens is 1. The minimum Gasteiger partial charge on any atom is -0.431 e. The molecule has 2 amide bonds. The van der Waals surface area contributed by atoms with Crippen LogP contribution in [0.5, 0.6) is 0 Å². The Hall–Kier alpha value is -4.20. The van der Waals surface area contributed by atoms with Crippen LogP contribution >= 0.6 is 0 Å². The molecule has 3 rings (SSSR count). The highest BCUT2D eigenvalue weighted by molar-refractivity contribution is 6.11. The van der Waals surface area contributed by atoms with Gasteiger partial charge in [-0.1, -0.05) is 56.3 Å². The standard InChI is InChI=1S/C30H37N5O3/c1-5-23(6-2)34-28(37)26-19-33-29(38-26)22-14-10-13-21(17-22)24(31)18-25(32)27(36)35-30(3,4)16-15-20-11-8-7-9-12-20/h7-14,17-19,23,31H,5-6,15-16,32H2,1-4H3,(H,34,37)(H,35,36)/b25-18-,31-24?. The number of carbonyl (C=O) groups is 2. The molecule has 0 aliphatic rings. The predicted octanol–water partition coefficient (Wildman–Crippen LogP) is 5.00. The first-order valence-corrected chi connectivity index (χ1v) is 12.9. The van der Waals surface area contributed by atoms with Crippen molar-refractivity contribution >= 4 is 17.5 Å². The van der Waals surface area contributed by atoms with Gasteiger partial charge in [-0.3, -0.25) is 9.59 Å². The minimum atomic E-state index is -0.475. The van der Waals surface area contributed by atoms with Crippen LogP contribution in [0.3, 0.4) is 0 Å². The molecule has 0 radical (unpaired) electrons. The van der Waals surface area contributed by atoms with E-state index in [0.29, 0.717) is 11.1 Å². The number of allylic oxidation sites excluding steroid dienone is 1. The van der Waals surface area contributed by atoms with Crippen molar-refractivity contribution in [1.29, 1.82) is 5.41 Å². The summed E-state index contributed by atoms with van der Waals surface area (Å²) in [6, 6.07) is 17.1. The van der Waals surface area contributed by atoms with Crippen LogP contribution in [0.2, 0.25) is 0 Å². The number of carbonyl (C=O) groups excluding carboxylic acids is 2. The molecule has 0 saturated carbocycles. The third kappa shape index (κ3) is 7.90. The Kier molecular flexibility index (Phi) is 9.60. The van der Waals surface area contributed by atoms with Gasteiger partial charge in [0.25, 0.3) is 11.8 Å². The summed E-state index contributed by atoms with van der Waals surface area (Å²) in [7, 11) is 0. The Balaban J connectivity index is 1.65. The molecule has 0 aliphatic carbocycles. The average molecular weight is 516 g/mol. The van der Waals surface area contributed by atoms with E-state index in [4.69, 9.17) is 15.6 Å². The lowest BCUT2D eigenvalue weighted by Gasteiger charge is -2.26. The van der Waals surface area contributed by atoms with Gasteiger partial charge < -0.3 is 26.2 Å². The Morgan fingerprint density at radius 2 is 1.82 bits per heavy atom. The summed E-state index contributed by atoms with van der Waals surface area (Å²) in [4.78, 5) is 29.4. The second-order valence-electron chi connectivity index (χ2n) is 9.93. The second kappa shape index (κ2) is 12.9. The van der Waals surface area contributed by atoms with Gasteiger partial charge in [-0.05, 0) is 63.3 Å². The van der Waals surface area contributed by atoms with Crippen LogP contribution in [-0.2, 0) is 11.2 Å². The third-order valence-corrected chi connectivity index (χ3v) is 6.37. The van der Waals surface area contributed by atoms with E-state index in [1.165, 1.54) is 17.8 Å². The largest absolute Gasteiger partial charge is 0.431 e. The highest BCUT2D eigenvalue weighted by Gasteiger charge is 2.22. The number of benzene rings is 2. The van der Waals surface area contributed by atoms with E-state index < -0.39 is 11.4 Å². The topological polar surface area (TPSA) is 134 Å². The van der Waals surface area contributed by atoms with Gasteiger partial charge >= 0.3 is 0 Å². The quantitative estimate of drug-likeness (QED) is 0.199. The van der Waals surface area contributed by atoms with Gasteiger partial charge in [0, 0.05) is 22.7 Å². The van der Waals surface area contributed by atoms with Crippen LogP contribution in [0.4, 0.5) is 0 Å². The molecule has 3 aromatic rings. The molecule has 1 heterocycles. The van der Waals surface area contributed by atoms with Crippen molar-refractivity contribution in [2.24, 2.45) is 5.73 Å². The van der Waals surface area contributed by atoms with Crippen molar-refractivity contribution < 1.29 is 14.0 Å².